The molecule has 1 aliphatic heterocycles. The lowest BCUT2D eigenvalue weighted by atomic mass is 10.4. The predicted molar refractivity (Wildman–Crippen MR) is 43.3 cm³/mol. The summed E-state index contributed by atoms with van der Waals surface area (Å²) in [4.78, 5) is 15.4. The summed E-state index contributed by atoms with van der Waals surface area (Å²) in [6.45, 7) is 3.18. The van der Waals surface area contributed by atoms with E-state index in [1.165, 1.54) is 6.07 Å². The Hall–Kier alpha value is -1.32. The number of aryl methyl sites for hydroxylation is 1. The van der Waals surface area contributed by atoms with E-state index in [-0.39, 0.29) is 5.56 Å². The van der Waals surface area contributed by atoms with Gasteiger partial charge in [0.05, 0.1) is 6.61 Å². The molecule has 0 saturated carbocycles. The third-order valence-corrected chi connectivity index (χ3v) is 1.86. The van der Waals surface area contributed by atoms with E-state index >= 15 is 0 Å². The molecule has 4 nitrogen and oxygen atoms in total. The summed E-state index contributed by atoms with van der Waals surface area (Å²) in [7, 11) is 0. The molecule has 0 aliphatic carbocycles. The van der Waals surface area contributed by atoms with E-state index in [4.69, 9.17) is 4.74 Å². The highest BCUT2D eigenvalue weighted by Crippen LogP contribution is 2.10. The van der Waals surface area contributed by atoms with E-state index in [0.717, 1.165) is 13.0 Å². The van der Waals surface area contributed by atoms with Crippen LogP contribution in [0.2, 0.25) is 0 Å². The fourth-order valence-electron chi connectivity index (χ4n) is 1.30. The first-order valence-corrected chi connectivity index (χ1v) is 3.98. The first-order chi connectivity index (χ1) is 5.77. The van der Waals surface area contributed by atoms with E-state index in [2.05, 4.69) is 4.98 Å². The van der Waals surface area contributed by atoms with Crippen LogP contribution < -0.4 is 10.3 Å². The van der Waals surface area contributed by atoms with Crippen molar-refractivity contribution in [3.8, 4) is 6.01 Å². The Morgan fingerprint density at radius 1 is 1.67 bits per heavy atom. The summed E-state index contributed by atoms with van der Waals surface area (Å²) in [6.07, 6.45) is 0.887. The molecule has 0 aromatic carbocycles. The molecule has 2 heterocycles. The summed E-state index contributed by atoms with van der Waals surface area (Å²) < 4.78 is 6.80. The molecule has 0 N–H and O–H groups in total. The zero-order valence-corrected chi connectivity index (χ0v) is 6.91. The van der Waals surface area contributed by atoms with Crippen LogP contribution in [-0.4, -0.2) is 16.2 Å². The highest BCUT2D eigenvalue weighted by Gasteiger charge is 2.11. The standard InChI is InChI=1S/C8H10N2O2/c1-6-5-7(11)10-3-2-4-12-8(10)9-6/h5H,2-4H2,1H3. The third-order valence-electron chi connectivity index (χ3n) is 1.86. The van der Waals surface area contributed by atoms with E-state index in [1.807, 2.05) is 0 Å². The van der Waals surface area contributed by atoms with Gasteiger partial charge in [0.15, 0.2) is 0 Å². The van der Waals surface area contributed by atoms with Gasteiger partial charge in [-0.15, -0.1) is 0 Å². The summed E-state index contributed by atoms with van der Waals surface area (Å²) in [6, 6.07) is 1.99. The summed E-state index contributed by atoms with van der Waals surface area (Å²) in [5.74, 6) is 0. The first kappa shape index (κ1) is 7.34. The van der Waals surface area contributed by atoms with Gasteiger partial charge >= 0.3 is 0 Å². The average Bonchev–Trinajstić information content (AvgIpc) is 2.04. The number of ether oxygens (including phenoxy) is 1. The summed E-state index contributed by atoms with van der Waals surface area (Å²) in [5, 5.41) is 0. The Labute approximate surface area is 69.8 Å². The summed E-state index contributed by atoms with van der Waals surface area (Å²) in [5.41, 5.74) is 0.699. The van der Waals surface area contributed by atoms with Crippen molar-refractivity contribution in [3.05, 3.63) is 22.1 Å². The van der Waals surface area contributed by atoms with Crippen LogP contribution in [0.25, 0.3) is 0 Å². The van der Waals surface area contributed by atoms with Crippen LogP contribution in [0.5, 0.6) is 6.01 Å². The van der Waals surface area contributed by atoms with E-state index < -0.39 is 0 Å². The molecule has 12 heavy (non-hydrogen) atoms. The minimum atomic E-state index is -0.0165. The SMILES string of the molecule is Cc1cc(=O)n2c(n1)OCCC2. The van der Waals surface area contributed by atoms with Crippen molar-refractivity contribution < 1.29 is 4.74 Å². The highest BCUT2D eigenvalue weighted by atomic mass is 16.5. The number of fused-ring (bicyclic) bond motifs is 1. The zero-order valence-electron chi connectivity index (χ0n) is 6.91. The van der Waals surface area contributed by atoms with Crippen LogP contribution in [0.1, 0.15) is 12.1 Å². The van der Waals surface area contributed by atoms with Crippen LogP contribution in [0.15, 0.2) is 10.9 Å². The van der Waals surface area contributed by atoms with Gasteiger partial charge in [-0.05, 0) is 13.3 Å². The van der Waals surface area contributed by atoms with Gasteiger partial charge in [0.25, 0.3) is 11.6 Å². The average molecular weight is 166 g/mol. The Balaban J connectivity index is 2.60. The molecule has 1 aromatic rings. The molecule has 1 aromatic heterocycles. The van der Waals surface area contributed by atoms with Crippen molar-refractivity contribution in [2.75, 3.05) is 6.61 Å². The topological polar surface area (TPSA) is 44.1 Å². The van der Waals surface area contributed by atoms with Gasteiger partial charge < -0.3 is 4.74 Å². The van der Waals surface area contributed by atoms with Gasteiger partial charge in [-0.25, -0.2) is 4.98 Å². The van der Waals surface area contributed by atoms with Crippen LogP contribution in [0, 0.1) is 6.92 Å². The fourth-order valence-corrected chi connectivity index (χ4v) is 1.30. The van der Waals surface area contributed by atoms with Crippen molar-refractivity contribution in [2.24, 2.45) is 0 Å². The Kier molecular flexibility index (Phi) is 1.60. The molecular formula is C8H10N2O2. The predicted octanol–water partition coefficient (Wildman–Crippen LogP) is 0.334. The molecule has 0 spiro atoms. The van der Waals surface area contributed by atoms with Crippen LogP contribution in [0.4, 0.5) is 0 Å². The normalized spacial score (nSPS) is 15.1. The molecule has 64 valence electrons. The van der Waals surface area contributed by atoms with Gasteiger partial charge in [0.1, 0.15) is 0 Å². The molecular weight excluding hydrogens is 156 g/mol. The fraction of sp³-hybridized carbons (Fsp3) is 0.500. The van der Waals surface area contributed by atoms with Gasteiger partial charge in [-0.2, -0.15) is 0 Å². The molecule has 0 fully saturated rings. The van der Waals surface area contributed by atoms with Gasteiger partial charge in [0, 0.05) is 18.3 Å². The van der Waals surface area contributed by atoms with Crippen molar-refractivity contribution in [1.82, 2.24) is 9.55 Å². The number of rotatable bonds is 0. The molecule has 4 heteroatoms. The largest absolute Gasteiger partial charge is 0.465 e. The van der Waals surface area contributed by atoms with E-state index in [0.29, 0.717) is 18.3 Å². The maximum atomic E-state index is 11.3. The van der Waals surface area contributed by atoms with Gasteiger partial charge in [0.2, 0.25) is 0 Å². The Bertz CT molecular complexity index is 357. The molecule has 0 amide bonds. The minimum absolute atomic E-state index is 0.0165. The number of aromatic nitrogens is 2. The van der Waals surface area contributed by atoms with Crippen molar-refractivity contribution in [3.63, 3.8) is 0 Å². The van der Waals surface area contributed by atoms with Crippen molar-refractivity contribution in [2.45, 2.75) is 19.9 Å². The Morgan fingerprint density at radius 2 is 2.50 bits per heavy atom. The molecule has 0 saturated heterocycles. The second-order valence-electron chi connectivity index (χ2n) is 2.87. The van der Waals surface area contributed by atoms with Crippen molar-refractivity contribution >= 4 is 0 Å². The maximum absolute atomic E-state index is 11.3. The third kappa shape index (κ3) is 1.09. The molecule has 0 radical (unpaired) electrons. The van der Waals surface area contributed by atoms with Crippen LogP contribution in [-0.2, 0) is 6.54 Å². The number of hydrogen-bond donors (Lipinski definition) is 0. The molecule has 0 unspecified atom stereocenters. The van der Waals surface area contributed by atoms with E-state index in [1.54, 1.807) is 11.5 Å². The first-order valence-electron chi connectivity index (χ1n) is 3.98. The lowest BCUT2D eigenvalue weighted by Gasteiger charge is -2.17. The van der Waals surface area contributed by atoms with Crippen molar-refractivity contribution in [1.29, 1.82) is 0 Å². The summed E-state index contributed by atoms with van der Waals surface area (Å²) >= 11 is 0. The number of nitrogens with zero attached hydrogens (tertiary/aromatic N) is 2. The lowest BCUT2D eigenvalue weighted by molar-refractivity contribution is 0.221. The van der Waals surface area contributed by atoms with Gasteiger partial charge in [-0.3, -0.25) is 9.36 Å². The van der Waals surface area contributed by atoms with E-state index in [9.17, 15) is 4.79 Å². The number of hydrogen-bond acceptors (Lipinski definition) is 3. The highest BCUT2D eigenvalue weighted by molar-refractivity contribution is 5.07. The molecule has 1 aliphatic rings. The minimum Gasteiger partial charge on any atom is -0.465 e. The molecule has 2 rings (SSSR count). The lowest BCUT2D eigenvalue weighted by Crippen LogP contribution is -2.28. The maximum Gasteiger partial charge on any atom is 0.299 e. The Morgan fingerprint density at radius 3 is 3.33 bits per heavy atom. The molecule has 0 atom stereocenters. The smallest absolute Gasteiger partial charge is 0.299 e. The quantitative estimate of drug-likeness (QED) is 0.558. The monoisotopic (exact) mass is 166 g/mol. The second-order valence-corrected chi connectivity index (χ2v) is 2.87. The van der Waals surface area contributed by atoms with Crippen LogP contribution in [0.3, 0.4) is 0 Å². The molecule has 0 bridgehead atoms. The second kappa shape index (κ2) is 2.62. The van der Waals surface area contributed by atoms with Gasteiger partial charge in [-0.1, -0.05) is 0 Å². The van der Waals surface area contributed by atoms with Crippen LogP contribution >= 0.6 is 0 Å². The zero-order chi connectivity index (χ0) is 8.55.